The first-order chi connectivity index (χ1) is 11.7. The molecule has 0 unspecified atom stereocenters. The second-order valence-corrected chi connectivity index (χ2v) is 6.31. The average molecular weight is 346 g/mol. The summed E-state index contributed by atoms with van der Waals surface area (Å²) in [7, 11) is 1.63. The second-order valence-electron chi connectivity index (χ2n) is 5.26. The molecule has 1 aromatic heterocycles. The number of pyridine rings is 1. The molecule has 1 aromatic carbocycles. The van der Waals surface area contributed by atoms with Crippen LogP contribution in [0.25, 0.3) is 0 Å². The fraction of sp³-hybridized carbons (Fsp3) is 0.333. The van der Waals surface area contributed by atoms with E-state index in [1.807, 2.05) is 30.3 Å². The van der Waals surface area contributed by atoms with Crippen molar-refractivity contribution in [2.45, 2.75) is 24.3 Å². The summed E-state index contributed by atoms with van der Waals surface area (Å²) in [6, 6.07) is 12.8. The summed E-state index contributed by atoms with van der Waals surface area (Å²) in [6.07, 6.45) is 3.48. The number of nitrogens with one attached hydrogen (secondary N) is 1. The van der Waals surface area contributed by atoms with Crippen LogP contribution in [0, 0.1) is 0 Å². The first kappa shape index (κ1) is 18.1. The molecule has 0 fully saturated rings. The van der Waals surface area contributed by atoms with Crippen molar-refractivity contribution in [1.29, 1.82) is 0 Å². The normalized spacial score (nSPS) is 10.4. The Labute approximate surface area is 146 Å². The summed E-state index contributed by atoms with van der Waals surface area (Å²) in [6.45, 7) is 1.30. The smallest absolute Gasteiger partial charge is 0.250 e. The first-order valence-electron chi connectivity index (χ1n) is 7.88. The van der Waals surface area contributed by atoms with Gasteiger partial charge in [0.15, 0.2) is 0 Å². The van der Waals surface area contributed by atoms with Gasteiger partial charge in [-0.25, -0.2) is 0 Å². The van der Waals surface area contributed by atoms with Crippen molar-refractivity contribution >= 4 is 17.7 Å². The van der Waals surface area contributed by atoms with E-state index in [9.17, 15) is 9.59 Å². The Morgan fingerprint density at radius 3 is 2.88 bits per heavy atom. The van der Waals surface area contributed by atoms with Crippen LogP contribution in [0.3, 0.4) is 0 Å². The lowest BCUT2D eigenvalue weighted by Crippen LogP contribution is -2.26. The predicted molar refractivity (Wildman–Crippen MR) is 96.7 cm³/mol. The number of thioether (sulfide) groups is 1. The van der Waals surface area contributed by atoms with Crippen molar-refractivity contribution in [2.75, 3.05) is 19.4 Å². The van der Waals surface area contributed by atoms with Crippen LogP contribution in [0.2, 0.25) is 0 Å². The standard InChI is InChI=1S/C18H22N2O3S/c1-23-15-7-6-8-16(13-15)24-14-17(21)19-10-3-5-12-20-11-4-2-9-18(20)22/h2,4,6-9,11,13H,3,5,10,12,14H2,1H3,(H,19,21). The van der Waals surface area contributed by atoms with E-state index in [0.29, 0.717) is 18.8 Å². The molecule has 128 valence electrons. The van der Waals surface area contributed by atoms with Crippen LogP contribution < -0.4 is 15.6 Å². The number of rotatable bonds is 9. The summed E-state index contributed by atoms with van der Waals surface area (Å²) in [5.74, 6) is 1.18. The summed E-state index contributed by atoms with van der Waals surface area (Å²) < 4.78 is 6.84. The Bertz CT molecular complexity index is 715. The molecular formula is C18H22N2O3S. The maximum atomic E-state index is 11.8. The molecular weight excluding hydrogens is 324 g/mol. The molecule has 2 rings (SSSR count). The Kier molecular flexibility index (Phi) is 7.42. The summed E-state index contributed by atoms with van der Waals surface area (Å²) in [5, 5.41) is 2.90. The number of carbonyl (C=O) groups excluding carboxylic acids is 1. The maximum absolute atomic E-state index is 11.8. The first-order valence-corrected chi connectivity index (χ1v) is 8.86. The molecule has 0 saturated heterocycles. The van der Waals surface area contributed by atoms with Crippen LogP contribution in [0.1, 0.15) is 12.8 Å². The van der Waals surface area contributed by atoms with Gasteiger partial charge < -0.3 is 14.6 Å². The number of ether oxygens (including phenoxy) is 1. The number of benzene rings is 1. The van der Waals surface area contributed by atoms with Crippen LogP contribution in [-0.4, -0.2) is 29.9 Å². The van der Waals surface area contributed by atoms with Crippen LogP contribution in [0.4, 0.5) is 0 Å². The number of amides is 1. The molecule has 6 heteroatoms. The number of hydrogen-bond donors (Lipinski definition) is 1. The lowest BCUT2D eigenvalue weighted by Gasteiger charge is -2.07. The molecule has 0 radical (unpaired) electrons. The molecule has 1 amide bonds. The monoisotopic (exact) mass is 346 g/mol. The number of nitrogens with zero attached hydrogens (tertiary/aromatic N) is 1. The highest BCUT2D eigenvalue weighted by Crippen LogP contribution is 2.22. The van der Waals surface area contributed by atoms with Crippen molar-refractivity contribution in [3.05, 3.63) is 59.0 Å². The summed E-state index contributed by atoms with van der Waals surface area (Å²) in [4.78, 5) is 24.4. The number of methoxy groups -OCH3 is 1. The lowest BCUT2D eigenvalue weighted by molar-refractivity contribution is -0.118. The zero-order valence-electron chi connectivity index (χ0n) is 13.7. The van der Waals surface area contributed by atoms with Gasteiger partial charge in [-0.2, -0.15) is 0 Å². The van der Waals surface area contributed by atoms with E-state index in [1.165, 1.54) is 11.8 Å². The van der Waals surface area contributed by atoms with E-state index in [0.717, 1.165) is 23.5 Å². The van der Waals surface area contributed by atoms with Crippen molar-refractivity contribution in [3.63, 3.8) is 0 Å². The molecule has 0 atom stereocenters. The van der Waals surface area contributed by atoms with Crippen LogP contribution in [0.15, 0.2) is 58.4 Å². The molecule has 5 nitrogen and oxygen atoms in total. The van der Waals surface area contributed by atoms with Gasteiger partial charge in [-0.3, -0.25) is 9.59 Å². The molecule has 1 N–H and O–H groups in total. The van der Waals surface area contributed by atoms with Gasteiger partial charge in [0.1, 0.15) is 5.75 Å². The van der Waals surface area contributed by atoms with E-state index in [4.69, 9.17) is 4.74 Å². The van der Waals surface area contributed by atoms with Crippen LogP contribution in [-0.2, 0) is 11.3 Å². The van der Waals surface area contributed by atoms with Gasteiger partial charge in [-0.1, -0.05) is 12.1 Å². The van der Waals surface area contributed by atoms with Gasteiger partial charge in [0.25, 0.3) is 0 Å². The van der Waals surface area contributed by atoms with Crippen LogP contribution >= 0.6 is 11.8 Å². The molecule has 0 spiro atoms. The minimum atomic E-state index is 0.0104. The number of aromatic nitrogens is 1. The SMILES string of the molecule is COc1cccc(SCC(=O)NCCCCn2ccccc2=O)c1. The van der Waals surface area contributed by atoms with Crippen molar-refractivity contribution in [2.24, 2.45) is 0 Å². The van der Waals surface area contributed by atoms with E-state index >= 15 is 0 Å². The number of carbonyl (C=O) groups is 1. The fourth-order valence-corrected chi connectivity index (χ4v) is 2.95. The molecule has 0 aliphatic heterocycles. The molecule has 2 aromatic rings. The molecule has 0 bridgehead atoms. The second kappa shape index (κ2) is 9.82. The summed E-state index contributed by atoms with van der Waals surface area (Å²) >= 11 is 1.48. The maximum Gasteiger partial charge on any atom is 0.250 e. The van der Waals surface area contributed by atoms with Crippen molar-refractivity contribution in [1.82, 2.24) is 9.88 Å². The minimum absolute atomic E-state index is 0.0104. The molecule has 1 heterocycles. The van der Waals surface area contributed by atoms with Gasteiger partial charge in [0.2, 0.25) is 11.5 Å². The Morgan fingerprint density at radius 2 is 2.08 bits per heavy atom. The van der Waals surface area contributed by atoms with E-state index < -0.39 is 0 Å². The molecule has 0 saturated carbocycles. The Morgan fingerprint density at radius 1 is 1.21 bits per heavy atom. The van der Waals surface area contributed by atoms with E-state index in [-0.39, 0.29) is 11.5 Å². The third-order valence-corrected chi connectivity index (χ3v) is 4.45. The lowest BCUT2D eigenvalue weighted by atomic mass is 10.3. The summed E-state index contributed by atoms with van der Waals surface area (Å²) in [5.41, 5.74) is 0.0104. The van der Waals surface area contributed by atoms with Crippen molar-refractivity contribution in [3.8, 4) is 5.75 Å². The third kappa shape index (κ3) is 6.12. The Balaban J connectivity index is 1.61. The molecule has 24 heavy (non-hydrogen) atoms. The third-order valence-electron chi connectivity index (χ3n) is 3.46. The van der Waals surface area contributed by atoms with Gasteiger partial charge in [0, 0.05) is 30.2 Å². The zero-order valence-corrected chi connectivity index (χ0v) is 14.6. The van der Waals surface area contributed by atoms with E-state index in [1.54, 1.807) is 30.0 Å². The predicted octanol–water partition coefficient (Wildman–Crippen LogP) is 2.55. The van der Waals surface area contributed by atoms with Gasteiger partial charge in [0.05, 0.1) is 12.9 Å². The average Bonchev–Trinajstić information content (AvgIpc) is 2.61. The number of unbranched alkanes of at least 4 members (excludes halogenated alkanes) is 1. The number of hydrogen-bond acceptors (Lipinski definition) is 4. The molecule has 0 aliphatic carbocycles. The fourth-order valence-electron chi connectivity index (χ4n) is 2.17. The highest BCUT2D eigenvalue weighted by atomic mass is 32.2. The number of aryl methyl sites for hydroxylation is 1. The highest BCUT2D eigenvalue weighted by Gasteiger charge is 2.03. The van der Waals surface area contributed by atoms with Gasteiger partial charge in [-0.15, -0.1) is 11.8 Å². The topological polar surface area (TPSA) is 60.3 Å². The van der Waals surface area contributed by atoms with E-state index in [2.05, 4.69) is 5.32 Å². The highest BCUT2D eigenvalue weighted by molar-refractivity contribution is 8.00. The molecule has 0 aliphatic rings. The Hall–Kier alpha value is -2.21. The van der Waals surface area contributed by atoms with Crippen LogP contribution in [0.5, 0.6) is 5.75 Å². The zero-order chi connectivity index (χ0) is 17.2. The quantitative estimate of drug-likeness (QED) is 0.560. The van der Waals surface area contributed by atoms with Crippen molar-refractivity contribution < 1.29 is 9.53 Å². The minimum Gasteiger partial charge on any atom is -0.497 e. The van der Waals surface area contributed by atoms with Gasteiger partial charge in [-0.05, 0) is 37.1 Å². The van der Waals surface area contributed by atoms with Gasteiger partial charge >= 0.3 is 0 Å². The largest absolute Gasteiger partial charge is 0.497 e.